The predicted molar refractivity (Wildman–Crippen MR) is 134 cm³/mol. The maximum absolute atomic E-state index is 13.5. The van der Waals surface area contributed by atoms with Gasteiger partial charge in [0.1, 0.15) is 10.5 Å². The second-order valence-corrected chi connectivity index (χ2v) is 10.7. The van der Waals surface area contributed by atoms with Gasteiger partial charge in [0.2, 0.25) is 5.91 Å². The molecule has 5 nitrogen and oxygen atoms in total. The van der Waals surface area contributed by atoms with Gasteiger partial charge in [0.05, 0.1) is 0 Å². The molecule has 2 aliphatic rings. The van der Waals surface area contributed by atoms with Gasteiger partial charge in [-0.05, 0) is 60.9 Å². The Labute approximate surface area is 203 Å². The first-order chi connectivity index (χ1) is 16.1. The lowest BCUT2D eigenvalue weighted by molar-refractivity contribution is -0.127. The fourth-order valence-electron chi connectivity index (χ4n) is 5.15. The number of carbonyl (C=O) groups is 2. The summed E-state index contributed by atoms with van der Waals surface area (Å²) in [6.45, 7) is 1.88. The molecule has 3 heterocycles. The molecule has 0 spiro atoms. The zero-order valence-corrected chi connectivity index (χ0v) is 20.3. The number of likely N-dealkylation sites (tertiary alicyclic amines) is 1. The Bertz CT molecular complexity index is 1120. The second-order valence-electron chi connectivity index (χ2n) is 9.33. The van der Waals surface area contributed by atoms with Crippen molar-refractivity contribution in [2.45, 2.75) is 57.5 Å². The quantitative estimate of drug-likeness (QED) is 0.505. The first-order valence-corrected chi connectivity index (χ1v) is 13.2. The zero-order valence-electron chi connectivity index (χ0n) is 18.8. The summed E-state index contributed by atoms with van der Waals surface area (Å²) in [7, 11) is 0. The van der Waals surface area contributed by atoms with E-state index in [1.54, 1.807) is 11.3 Å². The number of nitrogens with one attached hydrogen (secondary N) is 1. The first-order valence-electron chi connectivity index (χ1n) is 12.0. The first kappa shape index (κ1) is 22.5. The molecular weight excluding hydrogens is 454 g/mol. The second kappa shape index (κ2) is 9.90. The number of benzene rings is 1. The third kappa shape index (κ3) is 4.97. The lowest BCUT2D eigenvalue weighted by Gasteiger charge is -2.33. The van der Waals surface area contributed by atoms with Crippen LogP contribution >= 0.6 is 22.9 Å². The van der Waals surface area contributed by atoms with Gasteiger partial charge < -0.3 is 14.8 Å². The molecule has 2 amide bonds. The van der Waals surface area contributed by atoms with Gasteiger partial charge in [0, 0.05) is 42.0 Å². The summed E-state index contributed by atoms with van der Waals surface area (Å²) in [5, 5.41) is 7.13. The summed E-state index contributed by atoms with van der Waals surface area (Å²) in [6.07, 6.45) is 7.38. The van der Waals surface area contributed by atoms with Crippen molar-refractivity contribution in [3.63, 3.8) is 0 Å². The Hall–Kier alpha value is -2.31. The van der Waals surface area contributed by atoms with Crippen molar-refractivity contribution in [3.05, 3.63) is 58.1 Å². The van der Waals surface area contributed by atoms with Gasteiger partial charge in [-0.2, -0.15) is 0 Å². The van der Waals surface area contributed by atoms with Crippen LogP contribution in [0.4, 0.5) is 0 Å². The molecule has 1 aromatic carbocycles. The van der Waals surface area contributed by atoms with E-state index in [0.717, 1.165) is 47.2 Å². The molecule has 1 aliphatic heterocycles. The maximum atomic E-state index is 13.5. The number of hydrogen-bond acceptors (Lipinski definition) is 3. The van der Waals surface area contributed by atoms with Crippen molar-refractivity contribution in [1.82, 2.24) is 14.8 Å². The largest absolute Gasteiger partial charge is 0.353 e. The molecule has 0 radical (unpaired) electrons. The van der Waals surface area contributed by atoms with Crippen molar-refractivity contribution in [3.8, 4) is 0 Å². The van der Waals surface area contributed by atoms with Crippen LogP contribution in [0.1, 0.15) is 61.0 Å². The molecule has 5 rings (SSSR count). The minimum atomic E-state index is 0.0142. The number of hydrogen-bond donors (Lipinski definition) is 1. The van der Waals surface area contributed by atoms with Gasteiger partial charge in [-0.3, -0.25) is 9.59 Å². The van der Waals surface area contributed by atoms with Gasteiger partial charge in [0.25, 0.3) is 5.91 Å². The Morgan fingerprint density at radius 3 is 2.45 bits per heavy atom. The van der Waals surface area contributed by atoms with Gasteiger partial charge >= 0.3 is 0 Å². The molecule has 174 valence electrons. The van der Waals surface area contributed by atoms with Crippen LogP contribution in [-0.4, -0.2) is 40.4 Å². The maximum Gasteiger partial charge on any atom is 0.270 e. The van der Waals surface area contributed by atoms with Crippen LogP contribution in [0.15, 0.2) is 41.8 Å². The zero-order chi connectivity index (χ0) is 22.8. The minimum Gasteiger partial charge on any atom is -0.353 e. The number of fused-ring (bicyclic) bond motifs is 1. The van der Waals surface area contributed by atoms with Crippen molar-refractivity contribution in [2.24, 2.45) is 5.92 Å². The Balaban J connectivity index is 1.26. The number of piperidine rings is 1. The lowest BCUT2D eigenvalue weighted by atomic mass is 9.92. The van der Waals surface area contributed by atoms with E-state index in [-0.39, 0.29) is 17.7 Å². The Kier molecular flexibility index (Phi) is 6.74. The van der Waals surface area contributed by atoms with E-state index in [4.69, 9.17) is 11.6 Å². The third-order valence-electron chi connectivity index (χ3n) is 7.08. The average Bonchev–Trinajstić information content (AvgIpc) is 3.43. The molecule has 0 bridgehead atoms. The lowest BCUT2D eigenvalue weighted by Crippen LogP contribution is -2.46. The Morgan fingerprint density at radius 2 is 1.73 bits per heavy atom. The Morgan fingerprint density at radius 1 is 1.00 bits per heavy atom. The number of aromatic nitrogens is 1. The van der Waals surface area contributed by atoms with Gasteiger partial charge in [0.15, 0.2) is 0 Å². The SMILES string of the molecule is O=C(NC1CCCCC1)C1CCN(C(=O)c2cc3ccsc3n2Cc2ccc(Cl)cc2)CC1. The molecule has 2 aromatic heterocycles. The monoisotopic (exact) mass is 483 g/mol. The van der Waals surface area contributed by atoms with Crippen LogP contribution in [0.25, 0.3) is 10.2 Å². The van der Waals surface area contributed by atoms with Crippen molar-refractivity contribution < 1.29 is 9.59 Å². The topological polar surface area (TPSA) is 54.3 Å². The highest BCUT2D eigenvalue weighted by atomic mass is 35.5. The molecule has 7 heteroatoms. The van der Waals surface area contributed by atoms with Crippen LogP contribution < -0.4 is 5.32 Å². The molecule has 1 saturated heterocycles. The molecular formula is C26H30ClN3O2S. The number of amides is 2. The van der Waals surface area contributed by atoms with Crippen LogP contribution in [-0.2, 0) is 11.3 Å². The van der Waals surface area contributed by atoms with Crippen LogP contribution in [0.3, 0.4) is 0 Å². The van der Waals surface area contributed by atoms with Crippen molar-refractivity contribution in [2.75, 3.05) is 13.1 Å². The van der Waals surface area contributed by atoms with E-state index < -0.39 is 0 Å². The van der Waals surface area contributed by atoms with Crippen LogP contribution in [0.5, 0.6) is 0 Å². The third-order valence-corrected chi connectivity index (χ3v) is 8.28. The summed E-state index contributed by atoms with van der Waals surface area (Å²) >= 11 is 7.70. The van der Waals surface area contributed by atoms with Gasteiger partial charge in [-0.1, -0.05) is 43.0 Å². The summed E-state index contributed by atoms with van der Waals surface area (Å²) in [5.41, 5.74) is 1.83. The normalized spacial score (nSPS) is 18.0. The fourth-order valence-corrected chi connectivity index (χ4v) is 6.18. The smallest absolute Gasteiger partial charge is 0.270 e. The highest BCUT2D eigenvalue weighted by molar-refractivity contribution is 7.16. The fraction of sp³-hybridized carbons (Fsp3) is 0.462. The van der Waals surface area contributed by atoms with E-state index in [2.05, 4.69) is 21.3 Å². The highest BCUT2D eigenvalue weighted by Crippen LogP contribution is 2.29. The number of halogens is 1. The average molecular weight is 484 g/mol. The van der Waals surface area contributed by atoms with E-state index in [9.17, 15) is 9.59 Å². The van der Waals surface area contributed by atoms with E-state index in [0.29, 0.717) is 30.7 Å². The number of carbonyl (C=O) groups excluding carboxylic acids is 2. The van der Waals surface area contributed by atoms with E-state index in [1.165, 1.54) is 19.3 Å². The number of nitrogens with zero attached hydrogens (tertiary/aromatic N) is 2. The minimum absolute atomic E-state index is 0.0142. The molecule has 1 aliphatic carbocycles. The highest BCUT2D eigenvalue weighted by Gasteiger charge is 2.30. The van der Waals surface area contributed by atoms with Crippen LogP contribution in [0, 0.1) is 5.92 Å². The van der Waals surface area contributed by atoms with Crippen molar-refractivity contribution in [1.29, 1.82) is 0 Å². The predicted octanol–water partition coefficient (Wildman–Crippen LogP) is 5.71. The van der Waals surface area contributed by atoms with Crippen LogP contribution in [0.2, 0.25) is 5.02 Å². The van der Waals surface area contributed by atoms with Crippen molar-refractivity contribution >= 4 is 45.0 Å². The molecule has 1 saturated carbocycles. The van der Waals surface area contributed by atoms with Gasteiger partial charge in [-0.25, -0.2) is 0 Å². The molecule has 0 atom stereocenters. The number of thiophene rings is 1. The van der Waals surface area contributed by atoms with Gasteiger partial charge in [-0.15, -0.1) is 11.3 Å². The molecule has 33 heavy (non-hydrogen) atoms. The standard InChI is InChI=1S/C26H30ClN3O2S/c27-21-8-6-18(7-9-21)17-30-23(16-20-12-15-33-26(20)30)25(32)29-13-10-19(11-14-29)24(31)28-22-4-2-1-3-5-22/h6-9,12,15-16,19,22H,1-5,10-11,13-14,17H2,(H,28,31). The summed E-state index contributed by atoms with van der Waals surface area (Å²) in [4.78, 5) is 29.3. The number of rotatable bonds is 5. The molecule has 2 fully saturated rings. The summed E-state index contributed by atoms with van der Waals surface area (Å²) in [6, 6.07) is 12.2. The van der Waals surface area contributed by atoms with E-state index in [1.807, 2.05) is 35.2 Å². The summed E-state index contributed by atoms with van der Waals surface area (Å²) in [5.74, 6) is 0.249. The summed E-state index contributed by atoms with van der Waals surface area (Å²) < 4.78 is 2.12. The van der Waals surface area contributed by atoms with E-state index >= 15 is 0 Å². The molecule has 1 N–H and O–H groups in total. The molecule has 3 aromatic rings. The molecule has 0 unspecified atom stereocenters.